The third-order valence-electron chi connectivity index (χ3n) is 5.20. The highest BCUT2D eigenvalue weighted by molar-refractivity contribution is 6.33. The number of amides is 2. The molecule has 0 radical (unpaired) electrons. The molecule has 2 amide bonds. The van der Waals surface area contributed by atoms with Crippen molar-refractivity contribution in [1.29, 1.82) is 0 Å². The first-order chi connectivity index (χ1) is 15.6. The zero-order chi connectivity index (χ0) is 24.2. The van der Waals surface area contributed by atoms with Crippen molar-refractivity contribution in [3.05, 3.63) is 58.6 Å². The van der Waals surface area contributed by atoms with Gasteiger partial charge in [0.25, 0.3) is 0 Å². The summed E-state index contributed by atoms with van der Waals surface area (Å²) in [6, 6.07) is 12.2. The van der Waals surface area contributed by atoms with E-state index in [1.54, 1.807) is 29.2 Å². The number of carbonyl (C=O) groups is 2. The molecule has 3 N–H and O–H groups in total. The fraction of sp³-hybridized carbons (Fsp3) is 0.417. The van der Waals surface area contributed by atoms with Crippen molar-refractivity contribution in [3.8, 4) is 5.75 Å². The van der Waals surface area contributed by atoms with E-state index in [-0.39, 0.29) is 25.3 Å². The summed E-state index contributed by atoms with van der Waals surface area (Å²) < 4.78 is 11.0. The van der Waals surface area contributed by atoms with Crippen LogP contribution in [0.1, 0.15) is 42.7 Å². The molecule has 0 aromatic heterocycles. The molecule has 1 atom stereocenters. The number of nitrogens with zero attached hydrogens (tertiary/aromatic N) is 2. The van der Waals surface area contributed by atoms with Crippen LogP contribution < -0.4 is 15.4 Å². The molecule has 9 heteroatoms. The number of benzene rings is 2. The number of carbonyl (C=O) groups excluding carboxylic acids is 2. The van der Waals surface area contributed by atoms with Gasteiger partial charge >= 0.3 is 6.09 Å². The van der Waals surface area contributed by atoms with Crippen LogP contribution in [0.5, 0.6) is 5.75 Å². The zero-order valence-corrected chi connectivity index (χ0v) is 19.8. The fourth-order valence-electron chi connectivity index (χ4n) is 3.69. The molecule has 0 bridgehead atoms. The number of aliphatic hydroxyl groups excluding tert-OH is 1. The molecule has 33 heavy (non-hydrogen) atoms. The smallest absolute Gasteiger partial charge is 0.410 e. The molecule has 178 valence electrons. The number of piperazine rings is 1. The molecular formula is C24H30ClN3O5. The Morgan fingerprint density at radius 3 is 2.42 bits per heavy atom. The lowest BCUT2D eigenvalue weighted by molar-refractivity contribution is 0.0214. The van der Waals surface area contributed by atoms with Crippen LogP contribution in [0.4, 0.5) is 10.5 Å². The van der Waals surface area contributed by atoms with Gasteiger partial charge < -0.3 is 30.1 Å². The molecule has 2 aromatic carbocycles. The van der Waals surface area contributed by atoms with Crippen LogP contribution in [0.15, 0.2) is 42.5 Å². The van der Waals surface area contributed by atoms with Crippen molar-refractivity contribution >= 4 is 29.3 Å². The first-order valence-corrected chi connectivity index (χ1v) is 11.1. The highest BCUT2D eigenvalue weighted by atomic mass is 35.5. The number of ether oxygens (including phenoxy) is 2. The molecule has 0 aliphatic carbocycles. The van der Waals surface area contributed by atoms with Gasteiger partial charge in [-0.25, -0.2) is 4.79 Å². The summed E-state index contributed by atoms with van der Waals surface area (Å²) in [7, 11) is 0. The Bertz CT molecular complexity index is 991. The Morgan fingerprint density at radius 2 is 1.85 bits per heavy atom. The number of hydrogen-bond donors (Lipinski definition) is 2. The molecule has 1 aliphatic rings. The highest BCUT2D eigenvalue weighted by Gasteiger charge is 2.34. The molecule has 0 unspecified atom stereocenters. The van der Waals surface area contributed by atoms with Gasteiger partial charge in [0.15, 0.2) is 0 Å². The summed E-state index contributed by atoms with van der Waals surface area (Å²) in [5.74, 6) is 0.0616. The summed E-state index contributed by atoms with van der Waals surface area (Å²) in [6.45, 7) is 6.96. The van der Waals surface area contributed by atoms with E-state index in [1.807, 2.05) is 39.0 Å². The second-order valence-corrected chi connectivity index (χ2v) is 9.21. The Labute approximate surface area is 198 Å². The topological polar surface area (TPSA) is 105 Å². The molecule has 3 rings (SSSR count). The lowest BCUT2D eigenvalue weighted by Gasteiger charge is -2.43. The van der Waals surface area contributed by atoms with Crippen LogP contribution in [0.3, 0.4) is 0 Å². The van der Waals surface area contributed by atoms with Gasteiger partial charge in [-0.1, -0.05) is 23.7 Å². The predicted molar refractivity (Wildman–Crippen MR) is 127 cm³/mol. The van der Waals surface area contributed by atoms with Gasteiger partial charge in [0.2, 0.25) is 5.91 Å². The van der Waals surface area contributed by atoms with Crippen molar-refractivity contribution < 1.29 is 24.2 Å². The van der Waals surface area contributed by atoms with Crippen LogP contribution in [0.2, 0.25) is 5.02 Å². The van der Waals surface area contributed by atoms with Gasteiger partial charge in [0.05, 0.1) is 23.4 Å². The van der Waals surface area contributed by atoms with Crippen molar-refractivity contribution in [2.75, 3.05) is 37.7 Å². The lowest BCUT2D eigenvalue weighted by Crippen LogP contribution is -2.51. The van der Waals surface area contributed by atoms with Crippen LogP contribution in [0.25, 0.3) is 0 Å². The first-order valence-electron chi connectivity index (χ1n) is 10.8. The minimum absolute atomic E-state index is 0.0879. The minimum Gasteiger partial charge on any atom is -0.491 e. The second kappa shape index (κ2) is 10.3. The zero-order valence-electron chi connectivity index (χ0n) is 19.1. The summed E-state index contributed by atoms with van der Waals surface area (Å²) >= 11 is 6.60. The number of nitrogens with two attached hydrogens (primary N) is 1. The molecule has 1 heterocycles. The average Bonchev–Trinajstić information content (AvgIpc) is 2.76. The molecule has 1 aliphatic heterocycles. The number of hydrogen-bond acceptors (Lipinski definition) is 6. The second-order valence-electron chi connectivity index (χ2n) is 8.81. The predicted octanol–water partition coefficient (Wildman–Crippen LogP) is 3.61. The highest BCUT2D eigenvalue weighted by Crippen LogP contribution is 2.37. The van der Waals surface area contributed by atoms with E-state index in [1.165, 1.54) is 0 Å². The normalized spacial score (nSPS) is 16.5. The van der Waals surface area contributed by atoms with Crippen LogP contribution in [-0.2, 0) is 4.74 Å². The molecule has 1 fully saturated rings. The number of anilines is 1. The maximum atomic E-state index is 12.8. The molecule has 8 nitrogen and oxygen atoms in total. The summed E-state index contributed by atoms with van der Waals surface area (Å²) in [4.78, 5) is 28.1. The van der Waals surface area contributed by atoms with E-state index in [0.717, 1.165) is 11.3 Å². The molecule has 0 saturated carbocycles. The van der Waals surface area contributed by atoms with Crippen molar-refractivity contribution in [1.82, 2.24) is 4.90 Å². The van der Waals surface area contributed by atoms with E-state index in [2.05, 4.69) is 4.90 Å². The third-order valence-corrected chi connectivity index (χ3v) is 5.50. The van der Waals surface area contributed by atoms with E-state index < -0.39 is 11.5 Å². The van der Waals surface area contributed by atoms with E-state index in [0.29, 0.717) is 36.0 Å². The Morgan fingerprint density at radius 1 is 1.15 bits per heavy atom. The van der Waals surface area contributed by atoms with Gasteiger partial charge in [-0.2, -0.15) is 0 Å². The summed E-state index contributed by atoms with van der Waals surface area (Å²) in [5.41, 5.74) is 6.90. The maximum Gasteiger partial charge on any atom is 0.410 e. The summed E-state index contributed by atoms with van der Waals surface area (Å²) in [5, 5.41) is 9.47. The fourth-order valence-corrected chi connectivity index (χ4v) is 3.97. The van der Waals surface area contributed by atoms with Gasteiger partial charge in [0.1, 0.15) is 18.0 Å². The lowest BCUT2D eigenvalue weighted by atomic mass is 9.99. The maximum absolute atomic E-state index is 12.8. The molecule has 1 saturated heterocycles. The van der Waals surface area contributed by atoms with E-state index >= 15 is 0 Å². The van der Waals surface area contributed by atoms with E-state index in [4.69, 9.17) is 31.9 Å². The van der Waals surface area contributed by atoms with Crippen molar-refractivity contribution in [2.45, 2.75) is 32.4 Å². The molecule has 0 spiro atoms. The minimum atomic E-state index is -0.597. The van der Waals surface area contributed by atoms with Crippen molar-refractivity contribution in [2.24, 2.45) is 5.73 Å². The van der Waals surface area contributed by atoms with Crippen LogP contribution in [0, 0.1) is 0 Å². The van der Waals surface area contributed by atoms with Gasteiger partial charge in [-0.05, 0) is 50.6 Å². The van der Waals surface area contributed by atoms with E-state index in [9.17, 15) is 9.59 Å². The van der Waals surface area contributed by atoms with Gasteiger partial charge in [-0.3, -0.25) is 4.79 Å². The molecule has 2 aromatic rings. The Kier molecular flexibility index (Phi) is 7.71. The monoisotopic (exact) mass is 475 g/mol. The van der Waals surface area contributed by atoms with Crippen molar-refractivity contribution in [3.63, 3.8) is 0 Å². The average molecular weight is 476 g/mol. The number of halogens is 1. The van der Waals surface area contributed by atoms with Gasteiger partial charge in [0, 0.05) is 31.3 Å². The Hall–Kier alpha value is -2.97. The third kappa shape index (κ3) is 6.30. The standard InChI is InChI=1S/C24H30ClN3O5/c1-24(2,3)33-23(31)27-10-11-28(20-9-8-18(14-19(20)25)32-13-12-29)21(15-27)16-4-6-17(7-5-16)22(26)30/h4-9,14,21,29H,10-13,15H2,1-3H3,(H2,26,30)/t21-/m0/s1. The number of aliphatic hydroxyl groups is 1. The molecular weight excluding hydrogens is 446 g/mol. The quantitative estimate of drug-likeness (QED) is 0.661. The largest absolute Gasteiger partial charge is 0.491 e. The van der Waals surface area contributed by atoms with Crippen LogP contribution in [-0.4, -0.2) is 60.5 Å². The van der Waals surface area contributed by atoms with Crippen LogP contribution >= 0.6 is 11.6 Å². The first kappa shape index (κ1) is 24.7. The number of rotatable bonds is 6. The Balaban J connectivity index is 1.91. The number of primary amides is 1. The van der Waals surface area contributed by atoms with Gasteiger partial charge in [-0.15, -0.1) is 0 Å². The summed E-state index contributed by atoms with van der Waals surface area (Å²) in [6.07, 6.45) is -0.375. The SMILES string of the molecule is CC(C)(C)OC(=O)N1CCN(c2ccc(OCCO)cc2Cl)[C@H](c2ccc(C(N)=O)cc2)C1.